The Hall–Kier alpha value is -4.86. The van der Waals surface area contributed by atoms with E-state index < -0.39 is 11.8 Å². The van der Waals surface area contributed by atoms with Crippen LogP contribution in [0.3, 0.4) is 0 Å². The lowest BCUT2D eigenvalue weighted by Crippen LogP contribution is -2.28. The quantitative estimate of drug-likeness (QED) is 0.276. The van der Waals surface area contributed by atoms with Crippen molar-refractivity contribution < 1.29 is 14.3 Å². The number of aromatic amines is 1. The summed E-state index contributed by atoms with van der Waals surface area (Å²) in [5.41, 5.74) is 6.92. The van der Waals surface area contributed by atoms with Crippen molar-refractivity contribution in [2.24, 2.45) is 0 Å². The van der Waals surface area contributed by atoms with Gasteiger partial charge in [0.1, 0.15) is 22.8 Å². The highest BCUT2D eigenvalue weighted by Crippen LogP contribution is 2.33. The highest BCUT2D eigenvalue weighted by Gasteiger charge is 2.22. The second kappa shape index (κ2) is 9.10. The van der Waals surface area contributed by atoms with Crippen LogP contribution in [0, 0.1) is 0 Å². The van der Waals surface area contributed by atoms with Crippen molar-refractivity contribution >= 4 is 39.9 Å². The summed E-state index contributed by atoms with van der Waals surface area (Å²) in [4.78, 5) is 36.6. The highest BCUT2D eigenvalue weighted by atomic mass is 16.5. The fraction of sp³-hybridized carbons (Fsp3) is 0.0435. The molecule has 6 N–H and O–H groups in total. The molecule has 2 heterocycles. The molecule has 166 valence electrons. The molecule has 2 aromatic heterocycles. The lowest BCUT2D eigenvalue weighted by atomic mass is 10.1. The molecular weight excluding hydrogens is 422 g/mol. The number of amides is 2. The van der Waals surface area contributed by atoms with Gasteiger partial charge in [0.2, 0.25) is 5.95 Å². The summed E-state index contributed by atoms with van der Waals surface area (Å²) in [5.74, 6) is -0.369. The minimum atomic E-state index is -0.521. The summed E-state index contributed by atoms with van der Waals surface area (Å²) in [5, 5.41) is 9.96. The summed E-state index contributed by atoms with van der Waals surface area (Å²) in [6.07, 6.45) is 4.70. The van der Waals surface area contributed by atoms with Crippen LogP contribution in [0.1, 0.15) is 20.8 Å². The number of nitrogen functional groups attached to an aromatic ring is 1. The van der Waals surface area contributed by atoms with Gasteiger partial charge in [-0.2, -0.15) is 0 Å². The first-order valence-electron chi connectivity index (χ1n) is 9.85. The van der Waals surface area contributed by atoms with Gasteiger partial charge in [0, 0.05) is 24.0 Å². The van der Waals surface area contributed by atoms with E-state index in [0.29, 0.717) is 0 Å². The average Bonchev–Trinajstić information content (AvgIpc) is 3.32. The molecule has 0 radical (unpaired) electrons. The fourth-order valence-corrected chi connectivity index (χ4v) is 3.22. The van der Waals surface area contributed by atoms with E-state index in [1.54, 1.807) is 30.6 Å². The average molecular weight is 443 g/mol. The number of fused-ring (bicyclic) bond motifs is 1. The predicted octanol–water partition coefficient (Wildman–Crippen LogP) is 3.11. The van der Waals surface area contributed by atoms with Crippen LogP contribution in [-0.4, -0.2) is 33.9 Å². The first kappa shape index (κ1) is 21.4. The van der Waals surface area contributed by atoms with Crippen LogP contribution in [0.2, 0.25) is 0 Å². The van der Waals surface area contributed by atoms with E-state index in [2.05, 4.69) is 37.5 Å². The van der Waals surface area contributed by atoms with Gasteiger partial charge in [-0.05, 0) is 23.6 Å². The Morgan fingerprint density at radius 3 is 2.58 bits per heavy atom. The number of nitrogens with two attached hydrogens (primary N) is 1. The number of hydrogen-bond acceptors (Lipinski definition) is 7. The molecule has 0 fully saturated rings. The van der Waals surface area contributed by atoms with Crippen molar-refractivity contribution in [2.75, 3.05) is 23.5 Å². The fourth-order valence-electron chi connectivity index (χ4n) is 3.22. The maximum atomic E-state index is 12.9. The number of imidazole rings is 1. The summed E-state index contributed by atoms with van der Waals surface area (Å²) >= 11 is 0. The zero-order valence-electron chi connectivity index (χ0n) is 17.7. The molecule has 10 heteroatoms. The van der Waals surface area contributed by atoms with Gasteiger partial charge >= 0.3 is 0 Å². The van der Waals surface area contributed by atoms with Crippen molar-refractivity contribution in [3.63, 3.8) is 0 Å². The van der Waals surface area contributed by atoms with Crippen molar-refractivity contribution in [1.82, 2.24) is 20.3 Å². The molecule has 2 aromatic carbocycles. The van der Waals surface area contributed by atoms with Gasteiger partial charge in [-0.3, -0.25) is 19.9 Å². The second-order valence-corrected chi connectivity index (χ2v) is 6.97. The van der Waals surface area contributed by atoms with Gasteiger partial charge in [-0.1, -0.05) is 30.8 Å². The molecule has 0 aliphatic carbocycles. The van der Waals surface area contributed by atoms with Gasteiger partial charge in [-0.15, -0.1) is 0 Å². The first-order chi connectivity index (χ1) is 16.0. The minimum Gasteiger partial charge on any atom is -0.496 e. The predicted molar refractivity (Wildman–Crippen MR) is 126 cm³/mol. The van der Waals surface area contributed by atoms with Gasteiger partial charge < -0.3 is 26.1 Å². The number of aromatic nitrogens is 3. The molecule has 0 aliphatic heterocycles. The van der Waals surface area contributed by atoms with E-state index in [-0.39, 0.29) is 40.2 Å². The third-order valence-corrected chi connectivity index (χ3v) is 4.78. The van der Waals surface area contributed by atoms with Crippen LogP contribution in [0.15, 0.2) is 73.5 Å². The molecule has 0 unspecified atom stereocenters. The summed E-state index contributed by atoms with van der Waals surface area (Å²) in [6.45, 7) is 3.83. The van der Waals surface area contributed by atoms with E-state index >= 15 is 0 Å². The van der Waals surface area contributed by atoms with Crippen LogP contribution >= 0.6 is 0 Å². The third kappa shape index (κ3) is 4.59. The lowest BCUT2D eigenvalue weighted by Gasteiger charge is -2.18. The normalized spacial score (nSPS) is 10.5. The number of anilines is 3. The summed E-state index contributed by atoms with van der Waals surface area (Å²) < 4.78 is 5.34. The maximum Gasteiger partial charge on any atom is 0.275 e. The Bertz CT molecular complexity index is 1350. The van der Waals surface area contributed by atoms with Crippen LogP contribution < -0.4 is 26.4 Å². The number of H-pyrrole nitrogens is 1. The van der Waals surface area contributed by atoms with Crippen molar-refractivity contribution in [1.29, 1.82) is 0 Å². The number of pyridine rings is 1. The number of nitrogens with zero attached hydrogens (tertiary/aromatic N) is 2. The maximum absolute atomic E-state index is 12.9. The van der Waals surface area contributed by atoms with E-state index in [1.807, 2.05) is 24.3 Å². The number of methoxy groups -OCH3 is 1. The number of ether oxygens (including phenoxy) is 1. The molecule has 0 spiro atoms. The Labute approximate surface area is 188 Å². The van der Waals surface area contributed by atoms with Crippen LogP contribution in [0.5, 0.6) is 5.75 Å². The monoisotopic (exact) mass is 443 g/mol. The van der Waals surface area contributed by atoms with Gasteiger partial charge in [0.25, 0.3) is 11.8 Å². The van der Waals surface area contributed by atoms with Crippen LogP contribution in [-0.2, 0) is 0 Å². The molecule has 0 aliphatic rings. The Morgan fingerprint density at radius 1 is 1.06 bits per heavy atom. The molecule has 33 heavy (non-hydrogen) atoms. The lowest BCUT2D eigenvalue weighted by molar-refractivity contribution is 0.0961. The van der Waals surface area contributed by atoms with Crippen molar-refractivity contribution in [3.05, 3.63) is 84.7 Å². The number of hydrogen-bond donors (Lipinski definition) is 5. The molecule has 0 saturated heterocycles. The smallest absolute Gasteiger partial charge is 0.275 e. The Kier molecular flexibility index (Phi) is 5.90. The van der Waals surface area contributed by atoms with Crippen molar-refractivity contribution in [3.8, 4) is 5.75 Å². The molecule has 4 rings (SSSR count). The van der Waals surface area contributed by atoms with Crippen molar-refractivity contribution in [2.45, 2.75) is 0 Å². The Morgan fingerprint density at radius 2 is 1.85 bits per heavy atom. The topological polar surface area (TPSA) is 147 Å². The van der Waals surface area contributed by atoms with E-state index in [4.69, 9.17) is 10.5 Å². The standard InChI is InChI=1S/C23H21N7O3/c1-13(29-21(31)17-11-14-5-3-4-6-15(14)12-27-17)28-20-16(24)7-8-18(33-2)19(20)22(32)30-23-25-9-10-26-23/h3-12,28H,1,24H2,2H3,(H,29,31)(H2,25,26,30,32). The van der Waals surface area contributed by atoms with E-state index in [0.717, 1.165) is 10.8 Å². The molecule has 0 saturated carbocycles. The summed E-state index contributed by atoms with van der Waals surface area (Å²) in [7, 11) is 1.43. The number of carbonyl (C=O) groups is 2. The minimum absolute atomic E-state index is 0.0990. The zero-order chi connectivity index (χ0) is 23.4. The van der Waals surface area contributed by atoms with Gasteiger partial charge in [0.05, 0.1) is 18.5 Å². The summed E-state index contributed by atoms with van der Waals surface area (Å²) in [6, 6.07) is 12.4. The molecule has 4 aromatic rings. The molecule has 0 atom stereocenters. The van der Waals surface area contributed by atoms with E-state index in [1.165, 1.54) is 13.3 Å². The van der Waals surface area contributed by atoms with E-state index in [9.17, 15) is 9.59 Å². The van der Waals surface area contributed by atoms with Gasteiger partial charge in [0.15, 0.2) is 0 Å². The molecule has 0 bridgehead atoms. The third-order valence-electron chi connectivity index (χ3n) is 4.78. The number of nitrogens with one attached hydrogen (secondary N) is 4. The van der Waals surface area contributed by atoms with Crippen LogP contribution in [0.25, 0.3) is 10.8 Å². The molecular formula is C23H21N7O3. The molecule has 2 amide bonds. The number of benzene rings is 2. The highest BCUT2D eigenvalue weighted by molar-refractivity contribution is 6.11. The zero-order valence-corrected chi connectivity index (χ0v) is 17.7. The second-order valence-electron chi connectivity index (χ2n) is 6.97. The van der Waals surface area contributed by atoms with Gasteiger partial charge in [-0.25, -0.2) is 4.98 Å². The Balaban J connectivity index is 1.56. The SMILES string of the molecule is C=C(NC(=O)c1cc2ccccc2cn1)Nc1c(N)ccc(OC)c1C(=O)Nc1ncc[nH]1. The van der Waals surface area contributed by atoms with Crippen LogP contribution in [0.4, 0.5) is 17.3 Å². The largest absolute Gasteiger partial charge is 0.496 e. The number of rotatable bonds is 7. The molecule has 10 nitrogen and oxygen atoms in total. The number of carbonyl (C=O) groups excluding carboxylic acids is 2. The first-order valence-corrected chi connectivity index (χ1v) is 9.85.